The van der Waals surface area contributed by atoms with Gasteiger partial charge in [-0.3, -0.25) is 4.79 Å². The van der Waals surface area contributed by atoms with Crippen molar-refractivity contribution >= 4 is 11.6 Å². The first kappa shape index (κ1) is 13.8. The second kappa shape index (κ2) is 6.10. The third kappa shape index (κ3) is 3.13. The number of carbonyl (C=O) groups excluding carboxylic acids is 1. The second-order valence-corrected chi connectivity index (χ2v) is 5.31. The molecule has 5 heteroatoms. The fraction of sp³-hybridized carbons (Fsp3) is 0.375. The average Bonchev–Trinajstić information content (AvgIpc) is 3.13. The van der Waals surface area contributed by atoms with E-state index in [1.165, 1.54) is 0 Å². The van der Waals surface area contributed by atoms with Gasteiger partial charge in [-0.25, -0.2) is 4.98 Å². The summed E-state index contributed by atoms with van der Waals surface area (Å²) in [4.78, 5) is 16.5. The van der Waals surface area contributed by atoms with Gasteiger partial charge in [0.1, 0.15) is 5.82 Å². The van der Waals surface area contributed by atoms with Crippen molar-refractivity contribution in [3.8, 4) is 0 Å². The molecule has 0 aliphatic carbocycles. The van der Waals surface area contributed by atoms with Gasteiger partial charge in [-0.15, -0.1) is 0 Å². The highest BCUT2D eigenvalue weighted by Gasteiger charge is 2.23. The van der Waals surface area contributed by atoms with Crippen LogP contribution in [0.25, 0.3) is 0 Å². The Hall–Kier alpha value is -2.14. The van der Waals surface area contributed by atoms with E-state index < -0.39 is 0 Å². The first-order valence-corrected chi connectivity index (χ1v) is 7.18. The van der Waals surface area contributed by atoms with Crippen LogP contribution in [0.1, 0.15) is 17.8 Å². The van der Waals surface area contributed by atoms with Crippen molar-refractivity contribution in [2.45, 2.75) is 19.9 Å². The molecule has 1 unspecified atom stereocenters. The van der Waals surface area contributed by atoms with Crippen molar-refractivity contribution in [1.29, 1.82) is 0 Å². The third-order valence-corrected chi connectivity index (χ3v) is 3.84. The number of nitrogens with zero attached hydrogens (tertiary/aromatic N) is 2. The molecule has 0 radical (unpaired) electrons. The quantitative estimate of drug-likeness (QED) is 0.937. The predicted octanol–water partition coefficient (Wildman–Crippen LogP) is 2.21. The maximum atomic E-state index is 12.2. The number of rotatable bonds is 4. The third-order valence-electron chi connectivity index (χ3n) is 3.84. The highest BCUT2D eigenvalue weighted by atomic mass is 16.5. The van der Waals surface area contributed by atoms with Crippen LogP contribution >= 0.6 is 0 Å². The van der Waals surface area contributed by atoms with Gasteiger partial charge in [-0.05, 0) is 25.0 Å². The molecule has 1 saturated heterocycles. The van der Waals surface area contributed by atoms with Crippen molar-refractivity contribution in [2.75, 3.05) is 18.5 Å². The lowest BCUT2D eigenvalue weighted by molar-refractivity contribution is -0.119. The minimum Gasteiger partial charge on any atom is -0.381 e. The number of nitrogens with one attached hydrogen (secondary N) is 1. The van der Waals surface area contributed by atoms with E-state index in [0.717, 1.165) is 23.5 Å². The van der Waals surface area contributed by atoms with Crippen LogP contribution in [-0.2, 0) is 16.1 Å². The van der Waals surface area contributed by atoms with E-state index in [1.807, 2.05) is 37.4 Å². The Kier molecular flexibility index (Phi) is 4.01. The molecule has 2 aromatic rings. The molecule has 21 heavy (non-hydrogen) atoms. The SMILES string of the molecule is Cc1nccn1Cc1ccccc1NC(=O)C1CCOC1. The van der Waals surface area contributed by atoms with E-state index in [-0.39, 0.29) is 11.8 Å². The van der Waals surface area contributed by atoms with E-state index in [0.29, 0.717) is 19.8 Å². The number of para-hydroxylation sites is 1. The van der Waals surface area contributed by atoms with Gasteiger partial charge >= 0.3 is 0 Å². The predicted molar refractivity (Wildman–Crippen MR) is 80.1 cm³/mol. The summed E-state index contributed by atoms with van der Waals surface area (Å²) in [6, 6.07) is 7.89. The summed E-state index contributed by atoms with van der Waals surface area (Å²) in [6.07, 6.45) is 4.53. The van der Waals surface area contributed by atoms with Crippen LogP contribution < -0.4 is 5.32 Å². The summed E-state index contributed by atoms with van der Waals surface area (Å²) in [6.45, 7) is 3.86. The smallest absolute Gasteiger partial charge is 0.229 e. The summed E-state index contributed by atoms with van der Waals surface area (Å²) in [7, 11) is 0. The largest absolute Gasteiger partial charge is 0.381 e. The van der Waals surface area contributed by atoms with Gasteiger partial charge < -0.3 is 14.6 Å². The Balaban J connectivity index is 1.76. The fourth-order valence-corrected chi connectivity index (χ4v) is 2.51. The van der Waals surface area contributed by atoms with Gasteiger partial charge in [0.25, 0.3) is 0 Å². The van der Waals surface area contributed by atoms with Crippen molar-refractivity contribution < 1.29 is 9.53 Å². The number of aromatic nitrogens is 2. The maximum Gasteiger partial charge on any atom is 0.229 e. The Bertz CT molecular complexity index is 630. The Morgan fingerprint density at radius 2 is 2.33 bits per heavy atom. The Morgan fingerprint density at radius 1 is 1.48 bits per heavy atom. The van der Waals surface area contributed by atoms with E-state index >= 15 is 0 Å². The van der Waals surface area contributed by atoms with Crippen LogP contribution in [-0.4, -0.2) is 28.7 Å². The number of hydrogen-bond acceptors (Lipinski definition) is 3. The second-order valence-electron chi connectivity index (χ2n) is 5.31. The molecule has 1 aromatic carbocycles. The van der Waals surface area contributed by atoms with E-state index in [4.69, 9.17) is 4.74 Å². The molecule has 1 amide bonds. The molecule has 1 aliphatic rings. The van der Waals surface area contributed by atoms with Crippen LogP contribution in [0.3, 0.4) is 0 Å². The minimum atomic E-state index is -0.0342. The summed E-state index contributed by atoms with van der Waals surface area (Å²) in [5.74, 6) is 0.968. The molecule has 1 aromatic heterocycles. The molecule has 3 rings (SSSR count). The van der Waals surface area contributed by atoms with Crippen molar-refractivity contribution in [1.82, 2.24) is 9.55 Å². The summed E-state index contributed by atoms with van der Waals surface area (Å²) >= 11 is 0. The van der Waals surface area contributed by atoms with E-state index in [1.54, 1.807) is 6.20 Å². The zero-order valence-corrected chi connectivity index (χ0v) is 12.1. The lowest BCUT2D eigenvalue weighted by atomic mass is 10.1. The lowest BCUT2D eigenvalue weighted by Crippen LogP contribution is -2.23. The number of anilines is 1. The topological polar surface area (TPSA) is 56.2 Å². The molecule has 0 spiro atoms. The van der Waals surface area contributed by atoms with Crippen LogP contribution in [0.4, 0.5) is 5.69 Å². The zero-order valence-electron chi connectivity index (χ0n) is 12.1. The number of hydrogen-bond donors (Lipinski definition) is 1. The van der Waals surface area contributed by atoms with Crippen LogP contribution in [0, 0.1) is 12.8 Å². The standard InChI is InChI=1S/C16H19N3O2/c1-12-17-7-8-19(12)10-13-4-2-3-5-15(13)18-16(20)14-6-9-21-11-14/h2-5,7-8,14H,6,9-11H2,1H3,(H,18,20). The molecule has 1 N–H and O–H groups in total. The molecule has 5 nitrogen and oxygen atoms in total. The maximum absolute atomic E-state index is 12.2. The Labute approximate surface area is 124 Å². The number of imidazole rings is 1. The number of carbonyl (C=O) groups is 1. The van der Waals surface area contributed by atoms with Gasteiger partial charge in [0.2, 0.25) is 5.91 Å². The van der Waals surface area contributed by atoms with Crippen LogP contribution in [0.15, 0.2) is 36.7 Å². The van der Waals surface area contributed by atoms with Crippen molar-refractivity contribution in [2.24, 2.45) is 5.92 Å². The van der Waals surface area contributed by atoms with Gasteiger partial charge in [-0.1, -0.05) is 18.2 Å². The van der Waals surface area contributed by atoms with Gasteiger partial charge in [-0.2, -0.15) is 0 Å². The molecule has 110 valence electrons. The number of benzene rings is 1. The molecule has 1 aliphatic heterocycles. The van der Waals surface area contributed by atoms with Gasteiger partial charge in [0.05, 0.1) is 19.1 Å². The van der Waals surface area contributed by atoms with E-state index in [9.17, 15) is 4.79 Å². The minimum absolute atomic E-state index is 0.0342. The summed E-state index contributed by atoms with van der Waals surface area (Å²) < 4.78 is 7.33. The van der Waals surface area contributed by atoms with E-state index in [2.05, 4.69) is 14.9 Å². The van der Waals surface area contributed by atoms with Gasteiger partial charge in [0, 0.05) is 24.7 Å². The molecule has 1 fully saturated rings. The monoisotopic (exact) mass is 285 g/mol. The average molecular weight is 285 g/mol. The lowest BCUT2D eigenvalue weighted by Gasteiger charge is -2.14. The zero-order chi connectivity index (χ0) is 14.7. The highest BCUT2D eigenvalue weighted by Crippen LogP contribution is 2.20. The first-order valence-electron chi connectivity index (χ1n) is 7.18. The molecule has 2 heterocycles. The van der Waals surface area contributed by atoms with Crippen LogP contribution in [0.2, 0.25) is 0 Å². The molecule has 0 saturated carbocycles. The molecule has 0 bridgehead atoms. The van der Waals surface area contributed by atoms with Crippen molar-refractivity contribution in [3.05, 3.63) is 48.0 Å². The molecule has 1 atom stereocenters. The van der Waals surface area contributed by atoms with Gasteiger partial charge in [0.15, 0.2) is 0 Å². The summed E-state index contributed by atoms with van der Waals surface area (Å²) in [5.41, 5.74) is 1.94. The number of ether oxygens (including phenoxy) is 1. The van der Waals surface area contributed by atoms with Crippen LogP contribution in [0.5, 0.6) is 0 Å². The number of amides is 1. The first-order chi connectivity index (χ1) is 10.2. The highest BCUT2D eigenvalue weighted by molar-refractivity contribution is 5.93. The normalized spacial score (nSPS) is 17.9. The number of aryl methyl sites for hydroxylation is 1. The summed E-state index contributed by atoms with van der Waals surface area (Å²) in [5, 5.41) is 3.03. The fourth-order valence-electron chi connectivity index (χ4n) is 2.51. The molecular formula is C16H19N3O2. The van der Waals surface area contributed by atoms with Crippen molar-refractivity contribution in [3.63, 3.8) is 0 Å². The Morgan fingerprint density at radius 3 is 3.05 bits per heavy atom. The molecular weight excluding hydrogens is 266 g/mol.